The number of primary amides is 2. The van der Waals surface area contributed by atoms with Crippen LogP contribution in [0.3, 0.4) is 0 Å². The van der Waals surface area contributed by atoms with E-state index in [2.05, 4.69) is 30.1 Å². The summed E-state index contributed by atoms with van der Waals surface area (Å²) in [5.41, 5.74) is 12.5. The van der Waals surface area contributed by atoms with Gasteiger partial charge in [-0.15, -0.1) is 0 Å². The van der Waals surface area contributed by atoms with Crippen LogP contribution in [0.2, 0.25) is 0 Å². The van der Waals surface area contributed by atoms with Crippen molar-refractivity contribution in [2.24, 2.45) is 11.5 Å². The van der Waals surface area contributed by atoms with Gasteiger partial charge in [-0.1, -0.05) is 0 Å². The summed E-state index contributed by atoms with van der Waals surface area (Å²) < 4.78 is 26.5. The quantitative estimate of drug-likeness (QED) is 0.300. The molecule has 0 aliphatic rings. The Morgan fingerprint density at radius 2 is 1.19 bits per heavy atom. The first kappa shape index (κ1) is 32.8. The maximum Gasteiger partial charge on any atom is 0.269 e. The van der Waals surface area contributed by atoms with E-state index in [1.165, 1.54) is 12.3 Å². The lowest BCUT2D eigenvalue weighted by Crippen LogP contribution is -2.25. The number of nitrogens with zero attached hydrogens (tertiary/aromatic N) is 9. The monoisotopic (exact) mass is 611 g/mol. The van der Waals surface area contributed by atoms with Gasteiger partial charge in [-0.3, -0.25) is 19.0 Å². The Kier molecular flexibility index (Phi) is 9.05. The van der Waals surface area contributed by atoms with Crippen LogP contribution in [0, 0.1) is 0 Å². The van der Waals surface area contributed by atoms with Crippen LogP contribution in [-0.2, 0) is 20.9 Å². The zero-order valence-electron chi connectivity index (χ0n) is 25.7. The largest absolute Gasteiger partial charge is 0.364 e. The Labute approximate surface area is 250 Å². The summed E-state index contributed by atoms with van der Waals surface area (Å²) in [4.78, 5) is 41.1. The van der Waals surface area contributed by atoms with E-state index in [1.54, 1.807) is 33.8 Å². The number of carbonyl (C=O) groups excluding carboxylic acids is 2. The molecular weight excluding hydrogens is 574 g/mol. The van der Waals surface area contributed by atoms with E-state index in [-0.39, 0.29) is 22.1 Å². The molecule has 0 saturated carbocycles. The van der Waals surface area contributed by atoms with Gasteiger partial charge in [-0.2, -0.15) is 10.2 Å². The zero-order chi connectivity index (χ0) is 32.5. The van der Waals surface area contributed by atoms with Crippen LogP contribution in [0.4, 0.5) is 5.95 Å². The van der Waals surface area contributed by atoms with Gasteiger partial charge in [0.25, 0.3) is 11.8 Å². The molecule has 4 aromatic rings. The van der Waals surface area contributed by atoms with Crippen LogP contribution in [0.1, 0.15) is 62.5 Å². The number of anilines is 1. The number of sulfone groups is 1. The summed E-state index contributed by atoms with van der Waals surface area (Å²) in [6.07, 6.45) is 4.06. The molecule has 0 spiro atoms. The fraction of sp³-hybridized carbons (Fsp3) is 0.407. The van der Waals surface area contributed by atoms with Gasteiger partial charge in [-0.05, 0) is 65.8 Å². The van der Waals surface area contributed by atoms with Crippen LogP contribution >= 0.6 is 0 Å². The minimum absolute atomic E-state index is 0.0874. The number of carbonyl (C=O) groups is 2. The van der Waals surface area contributed by atoms with Crippen molar-refractivity contribution >= 4 is 27.6 Å². The molecule has 0 aromatic carbocycles. The van der Waals surface area contributed by atoms with Gasteiger partial charge in [0.1, 0.15) is 0 Å². The number of hydrogen-bond acceptors (Lipinski definition) is 11. The summed E-state index contributed by atoms with van der Waals surface area (Å²) in [5, 5.41) is 8.20. The SMILES string of the molecule is CC(C)(C)n1nc(C(N)=O)cc1-c1ccnc(S(C)(=O)=O)n1.CN(C)c1nccc(-c2cc(C(N)=O)nn2C(C)(C)C)n1. The molecular formula is C27H37N11O4S. The maximum atomic E-state index is 11.6. The van der Waals surface area contributed by atoms with Crippen LogP contribution < -0.4 is 16.4 Å². The molecule has 0 aliphatic carbocycles. The highest BCUT2D eigenvalue weighted by molar-refractivity contribution is 7.90. The van der Waals surface area contributed by atoms with Crippen LogP contribution in [-0.4, -0.2) is 80.1 Å². The number of aromatic nitrogens is 8. The smallest absolute Gasteiger partial charge is 0.269 e. The van der Waals surface area contributed by atoms with Crippen LogP contribution in [0.15, 0.2) is 41.8 Å². The van der Waals surface area contributed by atoms with Crippen LogP contribution in [0.25, 0.3) is 22.8 Å². The molecule has 0 bridgehead atoms. The number of rotatable bonds is 6. The summed E-state index contributed by atoms with van der Waals surface area (Å²) in [5.74, 6) is -0.627. The Bertz CT molecular complexity index is 1760. The Morgan fingerprint density at radius 3 is 1.56 bits per heavy atom. The van der Waals surface area contributed by atoms with Gasteiger partial charge in [0.2, 0.25) is 20.9 Å². The fourth-order valence-electron chi connectivity index (χ4n) is 3.76. The van der Waals surface area contributed by atoms with Crippen molar-refractivity contribution in [3.63, 3.8) is 0 Å². The maximum absolute atomic E-state index is 11.6. The van der Waals surface area contributed by atoms with Crippen molar-refractivity contribution < 1.29 is 18.0 Å². The van der Waals surface area contributed by atoms with E-state index in [0.29, 0.717) is 23.0 Å². The molecule has 15 nitrogen and oxygen atoms in total. The summed E-state index contributed by atoms with van der Waals surface area (Å²) >= 11 is 0. The predicted octanol–water partition coefficient (Wildman–Crippen LogP) is 1.86. The Morgan fingerprint density at radius 1 is 0.767 bits per heavy atom. The van der Waals surface area contributed by atoms with Gasteiger partial charge in [0, 0.05) is 32.7 Å². The summed E-state index contributed by atoms with van der Waals surface area (Å²) in [6.45, 7) is 11.7. The molecule has 2 amide bonds. The van der Waals surface area contributed by atoms with Crippen LogP contribution in [0.5, 0.6) is 0 Å². The average Bonchev–Trinajstić information content (AvgIpc) is 3.55. The zero-order valence-corrected chi connectivity index (χ0v) is 26.5. The molecule has 0 saturated heterocycles. The van der Waals surface area contributed by atoms with Crippen molar-refractivity contribution in [2.75, 3.05) is 25.3 Å². The Hall–Kier alpha value is -4.73. The highest BCUT2D eigenvalue weighted by atomic mass is 32.2. The third-order valence-electron chi connectivity index (χ3n) is 5.73. The highest BCUT2D eigenvalue weighted by Gasteiger charge is 2.25. The second-order valence-electron chi connectivity index (χ2n) is 11.9. The first-order valence-electron chi connectivity index (χ1n) is 13.0. The minimum atomic E-state index is -3.53. The lowest BCUT2D eigenvalue weighted by Gasteiger charge is -2.22. The van der Waals surface area contributed by atoms with Gasteiger partial charge >= 0.3 is 0 Å². The standard InChI is InChI=1S/C14H20N6O.C13H17N5O3S/c1-14(2,3)20-11(8-10(18-20)12(15)21)9-6-7-16-13(17-9)19(4)5;1-13(2,3)18-10(7-9(17-18)11(14)19)8-5-6-15-12(16-8)22(4,20)21/h6-8H,1-5H3,(H2,15,21);5-7H,1-4H3,(H2,14,19). The third kappa shape index (κ3) is 7.77. The van der Waals surface area contributed by atoms with E-state index in [0.717, 1.165) is 11.9 Å². The molecule has 4 rings (SSSR count). The first-order chi connectivity index (χ1) is 19.7. The number of amides is 2. The summed E-state index contributed by atoms with van der Waals surface area (Å²) in [6, 6.07) is 6.49. The lowest BCUT2D eigenvalue weighted by molar-refractivity contribution is 0.0985. The van der Waals surface area contributed by atoms with Crippen molar-refractivity contribution in [3.05, 3.63) is 48.0 Å². The van der Waals surface area contributed by atoms with Gasteiger partial charge in [0.05, 0.1) is 33.9 Å². The molecule has 4 heterocycles. The van der Waals surface area contributed by atoms with Crippen molar-refractivity contribution in [1.82, 2.24) is 39.5 Å². The highest BCUT2D eigenvalue weighted by Crippen LogP contribution is 2.27. The average molecular weight is 612 g/mol. The van der Waals surface area contributed by atoms with Crippen molar-refractivity contribution in [1.29, 1.82) is 0 Å². The Balaban J connectivity index is 0.000000236. The first-order valence-corrected chi connectivity index (χ1v) is 14.9. The van der Waals surface area contributed by atoms with Gasteiger partial charge in [-0.25, -0.2) is 28.4 Å². The summed E-state index contributed by atoms with van der Waals surface area (Å²) in [7, 11) is 0.205. The van der Waals surface area contributed by atoms with Gasteiger partial charge < -0.3 is 16.4 Å². The molecule has 4 aromatic heterocycles. The molecule has 0 unspecified atom stereocenters. The lowest BCUT2D eigenvalue weighted by atomic mass is 10.1. The van der Waals surface area contributed by atoms with Crippen molar-refractivity contribution in [3.8, 4) is 22.8 Å². The van der Waals surface area contributed by atoms with E-state index in [1.807, 2.05) is 60.5 Å². The molecule has 43 heavy (non-hydrogen) atoms. The molecule has 0 fully saturated rings. The van der Waals surface area contributed by atoms with E-state index < -0.39 is 27.2 Å². The topological polar surface area (TPSA) is 211 Å². The molecule has 16 heteroatoms. The second-order valence-corrected chi connectivity index (χ2v) is 13.8. The molecule has 4 N–H and O–H groups in total. The van der Waals surface area contributed by atoms with E-state index in [4.69, 9.17) is 11.5 Å². The van der Waals surface area contributed by atoms with Crippen molar-refractivity contribution in [2.45, 2.75) is 57.8 Å². The third-order valence-corrected chi connectivity index (χ3v) is 6.59. The normalized spacial score (nSPS) is 11.9. The fourth-order valence-corrected chi connectivity index (χ4v) is 4.28. The van der Waals surface area contributed by atoms with E-state index >= 15 is 0 Å². The molecule has 0 aliphatic heterocycles. The molecule has 0 radical (unpaired) electrons. The predicted molar refractivity (Wildman–Crippen MR) is 161 cm³/mol. The second kappa shape index (κ2) is 11.9. The minimum Gasteiger partial charge on any atom is -0.364 e. The molecule has 0 atom stereocenters. The van der Waals surface area contributed by atoms with Gasteiger partial charge in [0.15, 0.2) is 11.4 Å². The molecule has 230 valence electrons. The number of nitrogens with two attached hydrogens (primary N) is 2. The van der Waals surface area contributed by atoms with E-state index in [9.17, 15) is 18.0 Å². The number of hydrogen-bond donors (Lipinski definition) is 2.